The van der Waals surface area contributed by atoms with E-state index in [1.54, 1.807) is 17.2 Å². The van der Waals surface area contributed by atoms with Crippen molar-refractivity contribution in [1.82, 2.24) is 9.55 Å². The predicted molar refractivity (Wildman–Crippen MR) is 83.6 cm³/mol. The number of hydrogen-bond donors (Lipinski definition) is 0. The molecule has 0 N–H and O–H groups in total. The van der Waals surface area contributed by atoms with E-state index in [0.29, 0.717) is 12.1 Å². The van der Waals surface area contributed by atoms with Crippen LogP contribution in [0.15, 0.2) is 29.0 Å². The van der Waals surface area contributed by atoms with E-state index in [9.17, 15) is 4.79 Å². The van der Waals surface area contributed by atoms with Gasteiger partial charge in [-0.1, -0.05) is 11.8 Å². The van der Waals surface area contributed by atoms with Crippen LogP contribution in [0.1, 0.15) is 18.9 Å². The predicted octanol–water partition coefficient (Wildman–Crippen LogP) is 2.73. The molecule has 3 heterocycles. The quantitative estimate of drug-likeness (QED) is 0.869. The van der Waals surface area contributed by atoms with Crippen LogP contribution in [-0.2, 0) is 11.3 Å². The van der Waals surface area contributed by atoms with Gasteiger partial charge in [-0.25, -0.2) is 4.98 Å². The first kappa shape index (κ1) is 14.2. The highest BCUT2D eigenvalue weighted by atomic mass is 32.2. The lowest BCUT2D eigenvalue weighted by molar-refractivity contribution is -0.116. The first-order valence-electron chi connectivity index (χ1n) is 6.71. The zero-order chi connectivity index (χ0) is 14.8. The highest BCUT2D eigenvalue weighted by Crippen LogP contribution is 2.36. The van der Waals surface area contributed by atoms with E-state index < -0.39 is 0 Å². The van der Waals surface area contributed by atoms with Crippen LogP contribution in [0.5, 0.6) is 0 Å². The minimum absolute atomic E-state index is 0.0737. The fourth-order valence-electron chi connectivity index (χ4n) is 2.34. The van der Waals surface area contributed by atoms with Gasteiger partial charge in [-0.05, 0) is 24.8 Å². The largest absolute Gasteiger partial charge is 0.326 e. The monoisotopic (exact) mass is 318 g/mol. The Balaban J connectivity index is 1.77. The number of anilines is 1. The molecule has 0 radical (unpaired) electrons. The van der Waals surface area contributed by atoms with E-state index in [-0.39, 0.29) is 11.2 Å². The molecule has 2 aromatic heterocycles. The maximum absolute atomic E-state index is 12.6. The third-order valence-electron chi connectivity index (χ3n) is 3.43. The number of nitrogens with zero attached hydrogens (tertiary/aromatic N) is 4. The zero-order valence-electron chi connectivity index (χ0n) is 11.5. The maximum Gasteiger partial charge on any atom is 0.241 e. The van der Waals surface area contributed by atoms with E-state index in [2.05, 4.69) is 18.0 Å². The summed E-state index contributed by atoms with van der Waals surface area (Å²) in [6.07, 6.45) is 4.46. The third kappa shape index (κ3) is 2.57. The molecule has 1 fully saturated rings. The molecule has 1 saturated heterocycles. The second kappa shape index (κ2) is 5.92. The number of aromatic nitrogens is 2. The number of carbonyl (C=O) groups excluding carboxylic acids is 1. The molecule has 21 heavy (non-hydrogen) atoms. The van der Waals surface area contributed by atoms with Gasteiger partial charge in [0.15, 0.2) is 5.16 Å². The summed E-state index contributed by atoms with van der Waals surface area (Å²) < 4.78 is 2.03. The van der Waals surface area contributed by atoms with Crippen LogP contribution in [0.4, 0.5) is 5.00 Å². The van der Waals surface area contributed by atoms with Gasteiger partial charge < -0.3 is 9.47 Å². The Bertz CT molecular complexity index is 700. The molecule has 5 nitrogen and oxygen atoms in total. The SMILES string of the molecule is CCn1ccnc1S[C@H]1CCN(c2sccc2C#N)C1=O. The van der Waals surface area contributed by atoms with Gasteiger partial charge in [-0.15, -0.1) is 11.3 Å². The van der Waals surface area contributed by atoms with Gasteiger partial charge in [0, 0.05) is 25.5 Å². The molecule has 7 heteroatoms. The van der Waals surface area contributed by atoms with Crippen molar-refractivity contribution in [2.45, 2.75) is 30.3 Å². The summed E-state index contributed by atoms with van der Waals surface area (Å²) in [6, 6.07) is 3.91. The van der Waals surface area contributed by atoms with Gasteiger partial charge in [0.25, 0.3) is 0 Å². The number of carbonyl (C=O) groups is 1. The summed E-state index contributed by atoms with van der Waals surface area (Å²) >= 11 is 2.96. The van der Waals surface area contributed by atoms with E-state index in [0.717, 1.165) is 23.1 Å². The van der Waals surface area contributed by atoms with Crippen molar-refractivity contribution in [3.8, 4) is 6.07 Å². The lowest BCUT2D eigenvalue weighted by Crippen LogP contribution is -2.28. The van der Waals surface area contributed by atoms with Crippen LogP contribution in [0.2, 0.25) is 0 Å². The van der Waals surface area contributed by atoms with Crippen LogP contribution in [-0.4, -0.2) is 27.3 Å². The molecule has 1 aliphatic rings. The van der Waals surface area contributed by atoms with Crippen LogP contribution >= 0.6 is 23.1 Å². The number of amides is 1. The zero-order valence-corrected chi connectivity index (χ0v) is 13.2. The summed E-state index contributed by atoms with van der Waals surface area (Å²) in [6.45, 7) is 3.56. The normalized spacial score (nSPS) is 18.2. The van der Waals surface area contributed by atoms with E-state index in [1.165, 1.54) is 23.1 Å². The van der Waals surface area contributed by atoms with E-state index >= 15 is 0 Å². The second-order valence-corrected chi connectivity index (χ2v) is 6.70. The molecule has 0 saturated carbocycles. The Labute approximate surface area is 131 Å². The van der Waals surface area contributed by atoms with Crippen molar-refractivity contribution in [1.29, 1.82) is 5.26 Å². The fraction of sp³-hybridized carbons (Fsp3) is 0.357. The van der Waals surface area contributed by atoms with Crippen molar-refractivity contribution >= 4 is 34.0 Å². The van der Waals surface area contributed by atoms with Crippen molar-refractivity contribution in [3.05, 3.63) is 29.4 Å². The number of imidazole rings is 1. The van der Waals surface area contributed by atoms with Crippen LogP contribution in [0.25, 0.3) is 0 Å². The van der Waals surface area contributed by atoms with Gasteiger partial charge in [0.2, 0.25) is 5.91 Å². The minimum atomic E-state index is -0.119. The summed E-state index contributed by atoms with van der Waals surface area (Å²) in [5.74, 6) is 0.0737. The van der Waals surface area contributed by atoms with Crippen molar-refractivity contribution < 1.29 is 4.79 Å². The molecule has 3 rings (SSSR count). The molecule has 0 bridgehead atoms. The highest BCUT2D eigenvalue weighted by Gasteiger charge is 2.35. The Hall–Kier alpha value is -1.78. The molecule has 0 spiro atoms. The van der Waals surface area contributed by atoms with Crippen LogP contribution in [0, 0.1) is 11.3 Å². The molecule has 108 valence electrons. The Morgan fingerprint density at radius 2 is 2.48 bits per heavy atom. The standard InChI is InChI=1S/C14H14N4OS2/c1-2-17-7-5-16-14(17)21-11-3-6-18(12(11)19)13-10(9-15)4-8-20-13/h4-5,7-8,11H,2-3,6H2,1H3/t11-/m0/s1. The van der Waals surface area contributed by atoms with Gasteiger partial charge in [-0.2, -0.15) is 5.26 Å². The molecular weight excluding hydrogens is 304 g/mol. The van der Waals surface area contributed by atoms with Crippen molar-refractivity contribution in [3.63, 3.8) is 0 Å². The van der Waals surface area contributed by atoms with Gasteiger partial charge in [0.05, 0.1) is 10.8 Å². The number of thiophene rings is 1. The molecular formula is C14H14N4OS2. The number of rotatable bonds is 4. The topological polar surface area (TPSA) is 61.9 Å². The Morgan fingerprint density at radius 1 is 1.62 bits per heavy atom. The number of hydrogen-bond acceptors (Lipinski definition) is 5. The first-order valence-corrected chi connectivity index (χ1v) is 8.47. The molecule has 1 amide bonds. The summed E-state index contributed by atoms with van der Waals surface area (Å²) in [5, 5.41) is 12.5. The summed E-state index contributed by atoms with van der Waals surface area (Å²) in [4.78, 5) is 18.6. The average Bonchev–Trinajstić information content (AvgIpc) is 3.20. The Kier molecular flexibility index (Phi) is 3.99. The highest BCUT2D eigenvalue weighted by molar-refractivity contribution is 8.00. The third-order valence-corrected chi connectivity index (χ3v) is 5.64. The van der Waals surface area contributed by atoms with Gasteiger partial charge >= 0.3 is 0 Å². The lowest BCUT2D eigenvalue weighted by Gasteiger charge is -2.15. The fourth-order valence-corrected chi connectivity index (χ4v) is 4.38. The van der Waals surface area contributed by atoms with Crippen molar-refractivity contribution in [2.24, 2.45) is 0 Å². The van der Waals surface area contributed by atoms with Crippen molar-refractivity contribution in [2.75, 3.05) is 11.4 Å². The lowest BCUT2D eigenvalue weighted by atomic mass is 10.3. The van der Waals surface area contributed by atoms with Gasteiger partial charge in [0.1, 0.15) is 11.1 Å². The van der Waals surface area contributed by atoms with Gasteiger partial charge in [-0.3, -0.25) is 4.79 Å². The smallest absolute Gasteiger partial charge is 0.241 e. The molecule has 0 unspecified atom stereocenters. The van der Waals surface area contributed by atoms with E-state index in [1.807, 2.05) is 16.1 Å². The average molecular weight is 318 g/mol. The second-order valence-electron chi connectivity index (χ2n) is 4.63. The Morgan fingerprint density at radius 3 is 3.24 bits per heavy atom. The first-order chi connectivity index (χ1) is 10.2. The molecule has 1 atom stereocenters. The molecule has 1 aliphatic heterocycles. The van der Waals surface area contributed by atoms with E-state index in [4.69, 9.17) is 5.26 Å². The number of thioether (sulfide) groups is 1. The van der Waals surface area contributed by atoms with Crippen LogP contribution in [0.3, 0.4) is 0 Å². The molecule has 0 aliphatic carbocycles. The number of aryl methyl sites for hydroxylation is 1. The minimum Gasteiger partial charge on any atom is -0.326 e. The number of nitriles is 1. The van der Waals surface area contributed by atoms with Crippen LogP contribution < -0.4 is 4.90 Å². The molecule has 2 aromatic rings. The summed E-state index contributed by atoms with van der Waals surface area (Å²) in [7, 11) is 0. The summed E-state index contributed by atoms with van der Waals surface area (Å²) in [5.41, 5.74) is 0.578. The molecule has 0 aromatic carbocycles. The maximum atomic E-state index is 12.6.